The number of benzene rings is 2. The fraction of sp³-hybridized carbons (Fsp3) is 0.370. The molecule has 2 aromatic carbocycles. The SMILES string of the molecule is Cc1ccc(-c2nc(C)c(C(=O)N3CCC(C(C)C(=O)NCc4ccc(F)cc4)CC3)s2)cc1. The number of rotatable bonds is 6. The quantitative estimate of drug-likeness (QED) is 0.517. The molecule has 0 bridgehead atoms. The normalized spacial score (nSPS) is 15.2. The van der Waals surface area contributed by atoms with Gasteiger partial charge in [-0.3, -0.25) is 9.59 Å². The van der Waals surface area contributed by atoms with Gasteiger partial charge < -0.3 is 10.2 Å². The molecule has 178 valence electrons. The number of hydrogen-bond donors (Lipinski definition) is 1. The lowest BCUT2D eigenvalue weighted by atomic mass is 9.84. The molecule has 7 heteroatoms. The van der Waals surface area contributed by atoms with Crippen LogP contribution in [0.2, 0.25) is 0 Å². The second-order valence-corrected chi connectivity index (χ2v) is 10.1. The van der Waals surface area contributed by atoms with Crippen molar-refractivity contribution in [1.29, 1.82) is 0 Å². The van der Waals surface area contributed by atoms with Crippen molar-refractivity contribution in [3.05, 3.63) is 76.0 Å². The highest BCUT2D eigenvalue weighted by Gasteiger charge is 2.31. The smallest absolute Gasteiger partial charge is 0.265 e. The van der Waals surface area contributed by atoms with Gasteiger partial charge in [0.1, 0.15) is 15.7 Å². The molecule has 1 aliphatic heterocycles. The number of nitrogens with zero attached hydrogens (tertiary/aromatic N) is 2. The fourth-order valence-corrected chi connectivity index (χ4v) is 5.37. The third kappa shape index (κ3) is 5.53. The molecule has 0 radical (unpaired) electrons. The maximum atomic E-state index is 13.2. The average molecular weight is 480 g/mol. The molecule has 1 aromatic heterocycles. The molecule has 1 aliphatic rings. The van der Waals surface area contributed by atoms with Crippen LogP contribution in [0.4, 0.5) is 4.39 Å². The van der Waals surface area contributed by atoms with Gasteiger partial charge in [0.15, 0.2) is 0 Å². The molecule has 1 N–H and O–H groups in total. The van der Waals surface area contributed by atoms with E-state index in [0.29, 0.717) is 24.5 Å². The van der Waals surface area contributed by atoms with Crippen LogP contribution in [-0.4, -0.2) is 34.8 Å². The standard InChI is InChI=1S/C27H30FN3O2S/c1-17-4-8-22(9-5-17)26-30-19(3)24(34-26)27(33)31-14-12-21(13-15-31)18(2)25(32)29-16-20-6-10-23(28)11-7-20/h4-11,18,21H,12-16H2,1-3H3,(H,29,32). The maximum Gasteiger partial charge on any atom is 0.265 e. The van der Waals surface area contributed by atoms with Crippen LogP contribution in [0.15, 0.2) is 48.5 Å². The van der Waals surface area contributed by atoms with Gasteiger partial charge in [0.05, 0.1) is 5.69 Å². The number of halogens is 1. The Morgan fingerprint density at radius 2 is 1.74 bits per heavy atom. The third-order valence-electron chi connectivity index (χ3n) is 6.62. The second-order valence-electron chi connectivity index (χ2n) is 9.06. The van der Waals surface area contributed by atoms with Crippen molar-refractivity contribution in [2.24, 2.45) is 11.8 Å². The molecule has 2 amide bonds. The topological polar surface area (TPSA) is 62.3 Å². The zero-order valence-corrected chi connectivity index (χ0v) is 20.6. The first kappa shape index (κ1) is 24.1. The summed E-state index contributed by atoms with van der Waals surface area (Å²) < 4.78 is 13.0. The lowest BCUT2D eigenvalue weighted by Crippen LogP contribution is -2.42. The number of thiazole rings is 1. The van der Waals surface area contributed by atoms with Gasteiger partial charge in [0, 0.05) is 31.1 Å². The summed E-state index contributed by atoms with van der Waals surface area (Å²) in [5, 5.41) is 3.82. The number of hydrogen-bond acceptors (Lipinski definition) is 4. The van der Waals surface area contributed by atoms with E-state index in [2.05, 4.69) is 22.4 Å². The van der Waals surface area contributed by atoms with Gasteiger partial charge in [0.2, 0.25) is 5.91 Å². The van der Waals surface area contributed by atoms with Crippen molar-refractivity contribution in [3.8, 4) is 10.6 Å². The predicted octanol–water partition coefficient (Wildman–Crippen LogP) is 5.37. The van der Waals surface area contributed by atoms with Gasteiger partial charge in [-0.05, 0) is 50.3 Å². The van der Waals surface area contributed by atoms with Gasteiger partial charge >= 0.3 is 0 Å². The summed E-state index contributed by atoms with van der Waals surface area (Å²) in [5.74, 6) is -0.182. The van der Waals surface area contributed by atoms with Gasteiger partial charge in [-0.15, -0.1) is 11.3 Å². The maximum absolute atomic E-state index is 13.2. The van der Waals surface area contributed by atoms with Crippen molar-refractivity contribution in [2.45, 2.75) is 40.2 Å². The van der Waals surface area contributed by atoms with E-state index in [9.17, 15) is 14.0 Å². The van der Waals surface area contributed by atoms with Gasteiger partial charge in [-0.2, -0.15) is 0 Å². The summed E-state index contributed by atoms with van der Waals surface area (Å²) >= 11 is 1.45. The van der Waals surface area contributed by atoms with Gasteiger partial charge in [-0.25, -0.2) is 9.37 Å². The molecule has 5 nitrogen and oxygen atoms in total. The first-order chi connectivity index (χ1) is 16.3. The van der Waals surface area contributed by atoms with Gasteiger partial charge in [0.25, 0.3) is 5.91 Å². The number of carbonyl (C=O) groups excluding carboxylic acids is 2. The van der Waals surface area contributed by atoms with Crippen molar-refractivity contribution >= 4 is 23.2 Å². The summed E-state index contributed by atoms with van der Waals surface area (Å²) in [6, 6.07) is 14.3. The van der Waals surface area contributed by atoms with E-state index in [1.807, 2.05) is 37.8 Å². The molecule has 0 aliphatic carbocycles. The van der Waals surface area contributed by atoms with Crippen LogP contribution in [0.1, 0.15) is 46.3 Å². The summed E-state index contributed by atoms with van der Waals surface area (Å²) in [6.45, 7) is 7.54. The van der Waals surface area contributed by atoms with Crippen molar-refractivity contribution < 1.29 is 14.0 Å². The van der Waals surface area contributed by atoms with Crippen LogP contribution < -0.4 is 5.32 Å². The van der Waals surface area contributed by atoms with E-state index in [4.69, 9.17) is 0 Å². The van der Waals surface area contributed by atoms with Crippen LogP contribution in [0.25, 0.3) is 10.6 Å². The predicted molar refractivity (Wildman–Crippen MR) is 133 cm³/mol. The Bertz CT molecular complexity index is 1150. The lowest BCUT2D eigenvalue weighted by molar-refractivity contribution is -0.126. The highest BCUT2D eigenvalue weighted by Crippen LogP contribution is 2.31. The molecule has 4 rings (SSSR count). The Morgan fingerprint density at radius 3 is 2.38 bits per heavy atom. The molecule has 0 saturated carbocycles. The Kier molecular flexibility index (Phi) is 7.41. The average Bonchev–Trinajstić information content (AvgIpc) is 3.24. The molecule has 3 aromatic rings. The molecular formula is C27H30FN3O2S. The Balaban J connectivity index is 1.31. The van der Waals surface area contributed by atoms with Crippen LogP contribution in [0.5, 0.6) is 0 Å². The van der Waals surface area contributed by atoms with Crippen molar-refractivity contribution in [1.82, 2.24) is 15.2 Å². The van der Waals surface area contributed by atoms with E-state index < -0.39 is 0 Å². The molecule has 1 saturated heterocycles. The largest absolute Gasteiger partial charge is 0.352 e. The number of piperidine rings is 1. The molecule has 2 heterocycles. The lowest BCUT2D eigenvalue weighted by Gasteiger charge is -2.34. The van der Waals surface area contributed by atoms with Crippen molar-refractivity contribution in [2.75, 3.05) is 13.1 Å². The number of likely N-dealkylation sites (tertiary alicyclic amines) is 1. The molecule has 34 heavy (non-hydrogen) atoms. The Hall–Kier alpha value is -3.06. The minimum absolute atomic E-state index is 0.00450. The zero-order valence-electron chi connectivity index (χ0n) is 19.8. The number of nitrogens with one attached hydrogen (secondary N) is 1. The minimum Gasteiger partial charge on any atom is -0.352 e. The molecule has 1 unspecified atom stereocenters. The summed E-state index contributed by atoms with van der Waals surface area (Å²) in [7, 11) is 0. The van der Waals surface area contributed by atoms with E-state index in [0.717, 1.165) is 34.7 Å². The number of carbonyl (C=O) groups is 2. The molecule has 1 atom stereocenters. The minimum atomic E-state index is -0.287. The molecule has 1 fully saturated rings. The first-order valence-electron chi connectivity index (χ1n) is 11.7. The highest BCUT2D eigenvalue weighted by molar-refractivity contribution is 7.17. The Labute approximate surface area is 204 Å². The van der Waals surface area contributed by atoms with E-state index >= 15 is 0 Å². The monoisotopic (exact) mass is 479 g/mol. The van der Waals surface area contributed by atoms with E-state index in [1.165, 1.54) is 29.0 Å². The number of aromatic nitrogens is 1. The second kappa shape index (κ2) is 10.5. The van der Waals surface area contributed by atoms with Crippen LogP contribution in [0, 0.1) is 31.5 Å². The summed E-state index contributed by atoms with van der Waals surface area (Å²) in [4.78, 5) is 33.1. The van der Waals surface area contributed by atoms with Crippen LogP contribution in [0.3, 0.4) is 0 Å². The zero-order chi connectivity index (χ0) is 24.2. The number of aryl methyl sites for hydroxylation is 2. The van der Waals surface area contributed by atoms with Crippen LogP contribution >= 0.6 is 11.3 Å². The first-order valence-corrected chi connectivity index (χ1v) is 12.5. The molecular weight excluding hydrogens is 449 g/mol. The number of amides is 2. The fourth-order valence-electron chi connectivity index (χ4n) is 4.33. The highest BCUT2D eigenvalue weighted by atomic mass is 32.1. The molecule has 0 spiro atoms. The van der Waals surface area contributed by atoms with E-state index in [1.54, 1.807) is 12.1 Å². The summed E-state index contributed by atoms with van der Waals surface area (Å²) in [5.41, 5.74) is 3.85. The van der Waals surface area contributed by atoms with E-state index in [-0.39, 0.29) is 29.5 Å². The van der Waals surface area contributed by atoms with Gasteiger partial charge in [-0.1, -0.05) is 48.9 Å². The third-order valence-corrected chi connectivity index (χ3v) is 7.81. The van der Waals surface area contributed by atoms with Crippen LogP contribution in [-0.2, 0) is 11.3 Å². The van der Waals surface area contributed by atoms with Crippen molar-refractivity contribution in [3.63, 3.8) is 0 Å². The summed E-state index contributed by atoms with van der Waals surface area (Å²) in [6.07, 6.45) is 1.58. The Morgan fingerprint density at radius 1 is 1.09 bits per heavy atom.